The Bertz CT molecular complexity index is 503. The summed E-state index contributed by atoms with van der Waals surface area (Å²) in [4.78, 5) is 16.5. The van der Waals surface area contributed by atoms with E-state index < -0.39 is 0 Å². The molecule has 0 spiro atoms. The van der Waals surface area contributed by atoms with Crippen molar-refractivity contribution in [2.24, 2.45) is 0 Å². The zero-order valence-electron chi connectivity index (χ0n) is 10.4. The Morgan fingerprint density at radius 3 is 2.94 bits per heavy atom. The van der Waals surface area contributed by atoms with Crippen LogP contribution in [0.4, 0.5) is 5.95 Å². The van der Waals surface area contributed by atoms with Crippen molar-refractivity contribution >= 4 is 5.95 Å². The lowest BCUT2D eigenvalue weighted by Crippen LogP contribution is -2.07. The average molecular weight is 245 g/mol. The summed E-state index contributed by atoms with van der Waals surface area (Å²) in [6.45, 7) is 4.96. The molecule has 2 aromatic heterocycles. The Balaban J connectivity index is 2.05. The summed E-state index contributed by atoms with van der Waals surface area (Å²) in [5, 5.41) is 3.11. The molecule has 6 nitrogen and oxygen atoms in total. The van der Waals surface area contributed by atoms with Gasteiger partial charge in [0.2, 0.25) is 11.8 Å². The molecule has 18 heavy (non-hydrogen) atoms. The maximum atomic E-state index is 5.36. The van der Waals surface area contributed by atoms with Gasteiger partial charge in [0.25, 0.3) is 0 Å². The predicted molar refractivity (Wildman–Crippen MR) is 67.3 cm³/mol. The van der Waals surface area contributed by atoms with Crippen molar-refractivity contribution in [1.82, 2.24) is 19.9 Å². The van der Waals surface area contributed by atoms with E-state index in [1.165, 1.54) is 6.33 Å². The topological polar surface area (TPSA) is 72.8 Å². The van der Waals surface area contributed by atoms with Gasteiger partial charge in [0.1, 0.15) is 6.33 Å². The minimum atomic E-state index is 0.539. The number of hydrogen-bond acceptors (Lipinski definition) is 6. The van der Waals surface area contributed by atoms with E-state index in [2.05, 4.69) is 25.3 Å². The van der Waals surface area contributed by atoms with Gasteiger partial charge >= 0.3 is 0 Å². The number of ether oxygens (including phenoxy) is 1. The van der Waals surface area contributed by atoms with Crippen LogP contribution >= 0.6 is 0 Å². The van der Waals surface area contributed by atoms with Crippen LogP contribution in [0.3, 0.4) is 0 Å². The van der Waals surface area contributed by atoms with Gasteiger partial charge in [-0.15, -0.1) is 0 Å². The van der Waals surface area contributed by atoms with Crippen LogP contribution in [0.25, 0.3) is 0 Å². The molecule has 0 aliphatic heterocycles. The number of aromatic nitrogens is 4. The molecule has 6 heteroatoms. The summed E-state index contributed by atoms with van der Waals surface area (Å²) in [6, 6.07) is 3.64. The van der Waals surface area contributed by atoms with Gasteiger partial charge in [-0.2, -0.15) is 4.98 Å². The van der Waals surface area contributed by atoms with Gasteiger partial charge in [-0.3, -0.25) is 0 Å². The van der Waals surface area contributed by atoms with Crippen molar-refractivity contribution in [2.45, 2.75) is 20.4 Å². The van der Waals surface area contributed by atoms with Gasteiger partial charge in [0, 0.05) is 18.0 Å². The van der Waals surface area contributed by atoms with Gasteiger partial charge in [0.15, 0.2) is 0 Å². The number of nitrogens with zero attached hydrogens (tertiary/aromatic N) is 4. The Hall–Kier alpha value is -2.24. The van der Waals surface area contributed by atoms with Crippen LogP contribution in [-0.4, -0.2) is 26.5 Å². The lowest BCUT2D eigenvalue weighted by molar-refractivity contribution is 0.326. The largest absolute Gasteiger partial charge is 0.478 e. The maximum Gasteiger partial charge on any atom is 0.226 e. The highest BCUT2D eigenvalue weighted by Crippen LogP contribution is 2.12. The smallest absolute Gasteiger partial charge is 0.226 e. The maximum absolute atomic E-state index is 5.36. The molecule has 2 aromatic rings. The molecular formula is C12H15N5O. The number of nitrogens with one attached hydrogen (secondary N) is 1. The Morgan fingerprint density at radius 1 is 1.33 bits per heavy atom. The van der Waals surface area contributed by atoms with Crippen LogP contribution in [0.5, 0.6) is 5.88 Å². The summed E-state index contributed by atoms with van der Waals surface area (Å²) in [5.41, 5.74) is 1.74. The molecule has 0 saturated heterocycles. The summed E-state index contributed by atoms with van der Waals surface area (Å²) < 4.78 is 5.36. The van der Waals surface area contributed by atoms with Gasteiger partial charge < -0.3 is 10.1 Å². The van der Waals surface area contributed by atoms with E-state index in [0.29, 0.717) is 25.0 Å². The second-order valence-corrected chi connectivity index (χ2v) is 3.66. The third kappa shape index (κ3) is 3.38. The van der Waals surface area contributed by atoms with Crippen molar-refractivity contribution in [2.75, 3.05) is 11.9 Å². The summed E-state index contributed by atoms with van der Waals surface area (Å²) >= 11 is 0. The number of aryl methyl sites for hydroxylation is 1. The summed E-state index contributed by atoms with van der Waals surface area (Å²) in [6.07, 6.45) is 3.21. The van der Waals surface area contributed by atoms with E-state index >= 15 is 0 Å². The first-order chi connectivity index (χ1) is 8.78. The van der Waals surface area contributed by atoms with Crippen molar-refractivity contribution < 1.29 is 4.74 Å². The van der Waals surface area contributed by atoms with Crippen LogP contribution < -0.4 is 10.1 Å². The predicted octanol–water partition coefficient (Wildman–Crippen LogP) is 1.59. The number of hydrogen-bond donors (Lipinski definition) is 1. The number of rotatable bonds is 5. The second kappa shape index (κ2) is 5.90. The van der Waals surface area contributed by atoms with Crippen LogP contribution in [0.15, 0.2) is 24.7 Å². The molecule has 0 atom stereocenters. The lowest BCUT2D eigenvalue weighted by Gasteiger charge is -2.07. The van der Waals surface area contributed by atoms with Crippen LogP contribution in [0.2, 0.25) is 0 Å². The van der Waals surface area contributed by atoms with E-state index in [1.807, 2.05) is 19.9 Å². The molecule has 0 aliphatic rings. The highest BCUT2D eigenvalue weighted by Gasteiger charge is 2.03. The first-order valence-corrected chi connectivity index (χ1v) is 5.75. The minimum Gasteiger partial charge on any atom is -0.478 e. The lowest BCUT2D eigenvalue weighted by atomic mass is 10.4. The standard InChI is InChI=1S/C12H15N5O/c1-3-18-11-6-9(2)16-12(17-11)14-7-10-4-5-13-8-15-10/h4-6,8H,3,7H2,1-2H3,(H,14,16,17). The van der Waals surface area contributed by atoms with Crippen molar-refractivity contribution in [3.05, 3.63) is 36.0 Å². The van der Waals surface area contributed by atoms with Crippen LogP contribution in [-0.2, 0) is 6.54 Å². The Kier molecular flexibility index (Phi) is 4.01. The third-order valence-corrected chi connectivity index (χ3v) is 2.19. The highest BCUT2D eigenvalue weighted by molar-refractivity contribution is 5.31. The zero-order valence-corrected chi connectivity index (χ0v) is 10.4. The molecule has 0 saturated carbocycles. The zero-order chi connectivity index (χ0) is 12.8. The Labute approximate surface area is 105 Å². The van der Waals surface area contributed by atoms with Crippen LogP contribution in [0, 0.1) is 6.92 Å². The van der Waals surface area contributed by atoms with E-state index in [9.17, 15) is 0 Å². The van der Waals surface area contributed by atoms with Crippen molar-refractivity contribution in [3.8, 4) is 5.88 Å². The molecule has 0 aromatic carbocycles. The van der Waals surface area contributed by atoms with Gasteiger partial charge in [-0.1, -0.05) is 0 Å². The SMILES string of the molecule is CCOc1cc(C)nc(NCc2ccncn2)n1. The summed E-state index contributed by atoms with van der Waals surface area (Å²) in [5.74, 6) is 1.12. The monoisotopic (exact) mass is 245 g/mol. The highest BCUT2D eigenvalue weighted by atomic mass is 16.5. The fraction of sp³-hybridized carbons (Fsp3) is 0.333. The molecule has 2 rings (SSSR count). The van der Waals surface area contributed by atoms with E-state index in [-0.39, 0.29) is 0 Å². The fourth-order valence-corrected chi connectivity index (χ4v) is 1.43. The third-order valence-electron chi connectivity index (χ3n) is 2.19. The molecule has 94 valence electrons. The van der Waals surface area contributed by atoms with Gasteiger partial charge in [-0.05, 0) is 19.9 Å². The molecule has 0 unspecified atom stereocenters. The van der Waals surface area contributed by atoms with Gasteiger partial charge in [0.05, 0.1) is 18.8 Å². The normalized spacial score (nSPS) is 10.1. The van der Waals surface area contributed by atoms with Crippen molar-refractivity contribution in [1.29, 1.82) is 0 Å². The fourth-order valence-electron chi connectivity index (χ4n) is 1.43. The number of anilines is 1. The molecule has 2 heterocycles. The first-order valence-electron chi connectivity index (χ1n) is 5.75. The Morgan fingerprint density at radius 2 is 2.22 bits per heavy atom. The molecule has 0 radical (unpaired) electrons. The molecule has 0 bridgehead atoms. The van der Waals surface area contributed by atoms with Gasteiger partial charge in [-0.25, -0.2) is 15.0 Å². The van der Waals surface area contributed by atoms with Crippen molar-refractivity contribution in [3.63, 3.8) is 0 Å². The average Bonchev–Trinajstić information content (AvgIpc) is 2.37. The molecule has 0 fully saturated rings. The summed E-state index contributed by atoms with van der Waals surface area (Å²) in [7, 11) is 0. The molecule has 0 amide bonds. The van der Waals surface area contributed by atoms with E-state index in [4.69, 9.17) is 4.74 Å². The van der Waals surface area contributed by atoms with Crippen LogP contribution in [0.1, 0.15) is 18.3 Å². The molecular weight excluding hydrogens is 230 g/mol. The van der Waals surface area contributed by atoms with E-state index in [1.54, 1.807) is 12.3 Å². The first kappa shape index (κ1) is 12.2. The quantitative estimate of drug-likeness (QED) is 0.862. The minimum absolute atomic E-state index is 0.539. The molecule has 1 N–H and O–H groups in total. The second-order valence-electron chi connectivity index (χ2n) is 3.66. The molecule has 0 aliphatic carbocycles. The van der Waals surface area contributed by atoms with E-state index in [0.717, 1.165) is 11.4 Å².